The lowest BCUT2D eigenvalue weighted by molar-refractivity contribution is -0.136. The molecule has 2 amide bonds. The SMILES string of the molecule is CN(Cc1ccccc1)C(=O)[C@H](Cc1ccc2ccccc2c1)N(CCCO)C(=O)OC(C)(C)C. The maximum Gasteiger partial charge on any atom is 0.410 e. The average Bonchev–Trinajstić information content (AvgIpc) is 2.82. The zero-order valence-corrected chi connectivity index (χ0v) is 21.1. The van der Waals surface area contributed by atoms with Crippen LogP contribution in [0.25, 0.3) is 10.8 Å². The lowest BCUT2D eigenvalue weighted by atomic mass is 9.99. The molecule has 6 heteroatoms. The number of rotatable bonds is 9. The average molecular weight is 477 g/mol. The summed E-state index contributed by atoms with van der Waals surface area (Å²) in [5.74, 6) is -0.175. The Labute approximate surface area is 208 Å². The fourth-order valence-corrected chi connectivity index (χ4v) is 4.05. The van der Waals surface area contributed by atoms with Crippen LogP contribution in [0.4, 0.5) is 4.79 Å². The summed E-state index contributed by atoms with van der Waals surface area (Å²) in [5, 5.41) is 11.7. The molecule has 0 aliphatic heterocycles. The molecule has 186 valence electrons. The highest BCUT2D eigenvalue weighted by atomic mass is 16.6. The predicted molar refractivity (Wildman–Crippen MR) is 139 cm³/mol. The van der Waals surface area contributed by atoms with E-state index in [2.05, 4.69) is 6.07 Å². The smallest absolute Gasteiger partial charge is 0.410 e. The Kier molecular flexibility index (Phi) is 8.88. The first-order chi connectivity index (χ1) is 16.7. The van der Waals surface area contributed by atoms with Gasteiger partial charge in [-0.2, -0.15) is 0 Å². The Balaban J connectivity index is 1.95. The van der Waals surface area contributed by atoms with Crippen LogP contribution < -0.4 is 0 Å². The summed E-state index contributed by atoms with van der Waals surface area (Å²) in [7, 11) is 1.75. The number of likely N-dealkylation sites (N-methyl/N-ethyl adjacent to an activating group) is 1. The van der Waals surface area contributed by atoms with Crippen LogP contribution in [0, 0.1) is 0 Å². The van der Waals surface area contributed by atoms with E-state index in [1.54, 1.807) is 32.7 Å². The molecule has 0 heterocycles. The molecule has 0 aliphatic rings. The van der Waals surface area contributed by atoms with Gasteiger partial charge in [0.1, 0.15) is 11.6 Å². The van der Waals surface area contributed by atoms with Gasteiger partial charge in [-0.1, -0.05) is 72.8 Å². The van der Waals surface area contributed by atoms with Crippen LogP contribution >= 0.6 is 0 Å². The van der Waals surface area contributed by atoms with Crippen LogP contribution in [-0.2, 0) is 22.5 Å². The third kappa shape index (κ3) is 7.55. The highest BCUT2D eigenvalue weighted by Crippen LogP contribution is 2.21. The molecular formula is C29H36N2O4. The monoisotopic (exact) mass is 476 g/mol. The van der Waals surface area contributed by atoms with Gasteiger partial charge in [-0.05, 0) is 49.1 Å². The van der Waals surface area contributed by atoms with E-state index in [1.165, 1.54) is 4.90 Å². The Bertz CT molecular complexity index is 1120. The molecule has 6 nitrogen and oxygen atoms in total. The number of aliphatic hydroxyl groups is 1. The first kappa shape index (κ1) is 26.2. The van der Waals surface area contributed by atoms with E-state index in [0.29, 0.717) is 19.4 Å². The van der Waals surface area contributed by atoms with Gasteiger partial charge in [0.2, 0.25) is 5.91 Å². The van der Waals surface area contributed by atoms with Crippen molar-refractivity contribution in [1.82, 2.24) is 9.80 Å². The summed E-state index contributed by atoms with van der Waals surface area (Å²) < 4.78 is 5.67. The standard InChI is InChI=1S/C29H36N2O4/c1-29(2,3)35-28(34)31(17-10-18-32)26(27(33)30(4)21-22-11-6-5-7-12-22)20-23-15-16-24-13-8-9-14-25(24)19-23/h5-9,11-16,19,26,32H,10,17-18,20-21H2,1-4H3/t26-/m0/s1. The molecule has 0 unspecified atom stereocenters. The van der Waals surface area contributed by atoms with Crippen LogP contribution in [0.3, 0.4) is 0 Å². The lowest BCUT2D eigenvalue weighted by Crippen LogP contribution is -2.52. The minimum Gasteiger partial charge on any atom is -0.444 e. The van der Waals surface area contributed by atoms with Crippen molar-refractivity contribution >= 4 is 22.8 Å². The first-order valence-corrected chi connectivity index (χ1v) is 12.0. The molecule has 3 rings (SSSR count). The summed E-state index contributed by atoms with van der Waals surface area (Å²) in [6, 6.07) is 23.1. The molecule has 0 spiro atoms. The molecule has 0 saturated heterocycles. The largest absolute Gasteiger partial charge is 0.444 e. The second-order valence-corrected chi connectivity index (χ2v) is 9.83. The van der Waals surface area contributed by atoms with E-state index in [1.807, 2.05) is 66.7 Å². The van der Waals surface area contributed by atoms with Crippen LogP contribution in [0.1, 0.15) is 38.3 Å². The third-order valence-corrected chi connectivity index (χ3v) is 5.73. The van der Waals surface area contributed by atoms with E-state index in [0.717, 1.165) is 21.9 Å². The minimum atomic E-state index is -0.772. The molecule has 1 atom stereocenters. The number of carbonyl (C=O) groups is 2. The molecule has 0 radical (unpaired) electrons. The highest BCUT2D eigenvalue weighted by Gasteiger charge is 2.34. The van der Waals surface area contributed by atoms with Crippen molar-refractivity contribution in [3.8, 4) is 0 Å². The topological polar surface area (TPSA) is 70.1 Å². The molecule has 0 aromatic heterocycles. The van der Waals surface area contributed by atoms with E-state index < -0.39 is 17.7 Å². The Morgan fingerprint density at radius 2 is 1.57 bits per heavy atom. The number of ether oxygens (including phenoxy) is 1. The quantitative estimate of drug-likeness (QED) is 0.470. The van der Waals surface area contributed by atoms with Crippen molar-refractivity contribution in [2.45, 2.75) is 51.8 Å². The van der Waals surface area contributed by atoms with E-state index in [4.69, 9.17) is 4.74 Å². The number of benzene rings is 3. The van der Waals surface area contributed by atoms with Crippen LogP contribution in [-0.4, -0.2) is 58.7 Å². The van der Waals surface area contributed by atoms with Crippen molar-refractivity contribution in [3.63, 3.8) is 0 Å². The summed E-state index contributed by atoms with van der Waals surface area (Å²) in [6.45, 7) is 5.96. The van der Waals surface area contributed by atoms with Crippen molar-refractivity contribution in [2.24, 2.45) is 0 Å². The lowest BCUT2D eigenvalue weighted by Gasteiger charge is -2.35. The number of hydrogen-bond acceptors (Lipinski definition) is 4. The third-order valence-electron chi connectivity index (χ3n) is 5.73. The highest BCUT2D eigenvalue weighted by molar-refractivity contribution is 5.87. The van der Waals surface area contributed by atoms with Crippen molar-refractivity contribution in [1.29, 1.82) is 0 Å². The summed E-state index contributed by atoms with van der Waals surface area (Å²) in [5.41, 5.74) is 1.25. The van der Waals surface area contributed by atoms with Crippen molar-refractivity contribution in [2.75, 3.05) is 20.2 Å². The van der Waals surface area contributed by atoms with Gasteiger partial charge in [-0.3, -0.25) is 9.69 Å². The number of aliphatic hydroxyl groups excluding tert-OH is 1. The van der Waals surface area contributed by atoms with Crippen LogP contribution in [0.2, 0.25) is 0 Å². The number of nitrogens with zero attached hydrogens (tertiary/aromatic N) is 2. The van der Waals surface area contributed by atoms with E-state index >= 15 is 0 Å². The summed E-state index contributed by atoms with van der Waals surface area (Å²) in [6.07, 6.45) is 0.134. The van der Waals surface area contributed by atoms with Gasteiger partial charge in [-0.15, -0.1) is 0 Å². The number of hydrogen-bond donors (Lipinski definition) is 1. The minimum absolute atomic E-state index is 0.0873. The maximum atomic E-state index is 13.8. The Morgan fingerprint density at radius 3 is 2.23 bits per heavy atom. The van der Waals surface area contributed by atoms with Gasteiger partial charge in [0.25, 0.3) is 0 Å². The number of fused-ring (bicyclic) bond motifs is 1. The molecule has 35 heavy (non-hydrogen) atoms. The van der Waals surface area contributed by atoms with Gasteiger partial charge in [0.15, 0.2) is 0 Å². The molecule has 3 aromatic rings. The Morgan fingerprint density at radius 1 is 0.914 bits per heavy atom. The first-order valence-electron chi connectivity index (χ1n) is 12.0. The van der Waals surface area contributed by atoms with Gasteiger partial charge >= 0.3 is 6.09 Å². The predicted octanol–water partition coefficient (Wildman–Crippen LogP) is 5.03. The van der Waals surface area contributed by atoms with Crippen molar-refractivity contribution < 1.29 is 19.4 Å². The number of amides is 2. The molecule has 0 saturated carbocycles. The zero-order chi connectivity index (χ0) is 25.4. The zero-order valence-electron chi connectivity index (χ0n) is 21.1. The fourth-order valence-electron chi connectivity index (χ4n) is 4.05. The normalized spacial score (nSPS) is 12.3. The van der Waals surface area contributed by atoms with Crippen LogP contribution in [0.5, 0.6) is 0 Å². The molecule has 3 aromatic carbocycles. The van der Waals surface area contributed by atoms with Gasteiger partial charge in [0.05, 0.1) is 0 Å². The second-order valence-electron chi connectivity index (χ2n) is 9.83. The van der Waals surface area contributed by atoms with E-state index in [-0.39, 0.29) is 19.1 Å². The fraction of sp³-hybridized carbons (Fsp3) is 0.379. The van der Waals surface area contributed by atoms with Gasteiger partial charge in [-0.25, -0.2) is 4.79 Å². The Hall–Kier alpha value is -3.38. The van der Waals surface area contributed by atoms with Gasteiger partial charge < -0.3 is 14.7 Å². The maximum absolute atomic E-state index is 13.8. The molecule has 1 N–H and O–H groups in total. The number of carbonyl (C=O) groups excluding carboxylic acids is 2. The molecule has 0 bridgehead atoms. The molecule has 0 fully saturated rings. The van der Waals surface area contributed by atoms with E-state index in [9.17, 15) is 14.7 Å². The van der Waals surface area contributed by atoms with Gasteiger partial charge in [0, 0.05) is 33.2 Å². The molecular weight excluding hydrogens is 440 g/mol. The van der Waals surface area contributed by atoms with Crippen LogP contribution in [0.15, 0.2) is 72.8 Å². The molecule has 0 aliphatic carbocycles. The summed E-state index contributed by atoms with van der Waals surface area (Å²) >= 11 is 0. The second kappa shape index (κ2) is 11.8. The summed E-state index contributed by atoms with van der Waals surface area (Å²) in [4.78, 5) is 30.2. The van der Waals surface area contributed by atoms with Crippen molar-refractivity contribution in [3.05, 3.63) is 83.9 Å².